The zero-order valence-electron chi connectivity index (χ0n) is 14.5. The Hall–Kier alpha value is -2.65. The predicted octanol–water partition coefficient (Wildman–Crippen LogP) is 4.55. The molecule has 3 heteroatoms. The Balaban J connectivity index is 1.50. The maximum Gasteiger partial charge on any atom is 0.0709 e. The summed E-state index contributed by atoms with van der Waals surface area (Å²) in [5, 5.41) is 1.19. The van der Waals surface area contributed by atoms with Crippen molar-refractivity contribution in [1.29, 1.82) is 0 Å². The van der Waals surface area contributed by atoms with Gasteiger partial charge >= 0.3 is 0 Å². The minimum Gasteiger partial charge on any atom is -0.378 e. The average molecular weight is 330 g/mol. The van der Waals surface area contributed by atoms with Crippen molar-refractivity contribution in [3.63, 3.8) is 0 Å². The highest BCUT2D eigenvalue weighted by molar-refractivity contribution is 5.81. The van der Waals surface area contributed by atoms with Crippen LogP contribution in [0.15, 0.2) is 54.6 Å². The molecule has 1 saturated heterocycles. The molecule has 1 aliphatic heterocycles. The second kappa shape index (κ2) is 7.08. The lowest BCUT2D eigenvalue weighted by Gasteiger charge is -2.28. The van der Waals surface area contributed by atoms with E-state index in [0.717, 1.165) is 37.5 Å². The Bertz CT molecular complexity index is 894. The molecule has 0 aliphatic carbocycles. The van der Waals surface area contributed by atoms with E-state index in [1.54, 1.807) is 0 Å². The van der Waals surface area contributed by atoms with Gasteiger partial charge < -0.3 is 9.64 Å². The molecule has 3 aromatic rings. The summed E-state index contributed by atoms with van der Waals surface area (Å²) in [4.78, 5) is 7.08. The molecular formula is C22H22N2O. The van der Waals surface area contributed by atoms with Crippen molar-refractivity contribution < 1.29 is 4.74 Å². The molecule has 1 fully saturated rings. The molecule has 0 amide bonds. The monoisotopic (exact) mass is 330 g/mol. The molecule has 0 radical (unpaired) electrons. The van der Waals surface area contributed by atoms with Crippen molar-refractivity contribution in [1.82, 2.24) is 4.98 Å². The Morgan fingerprint density at radius 1 is 0.920 bits per heavy atom. The van der Waals surface area contributed by atoms with Crippen LogP contribution in [-0.2, 0) is 4.74 Å². The first kappa shape index (κ1) is 15.9. The summed E-state index contributed by atoms with van der Waals surface area (Å²) < 4.78 is 5.41. The quantitative estimate of drug-likeness (QED) is 0.704. The number of anilines is 1. The van der Waals surface area contributed by atoms with Gasteiger partial charge in [-0.05, 0) is 48.9 Å². The third-order valence-electron chi connectivity index (χ3n) is 4.58. The van der Waals surface area contributed by atoms with Crippen molar-refractivity contribution in [2.24, 2.45) is 0 Å². The highest BCUT2D eigenvalue weighted by atomic mass is 16.5. The van der Waals surface area contributed by atoms with E-state index in [1.165, 1.54) is 22.2 Å². The van der Waals surface area contributed by atoms with Crippen molar-refractivity contribution >= 4 is 28.7 Å². The summed E-state index contributed by atoms with van der Waals surface area (Å²) in [6, 6.07) is 19.2. The van der Waals surface area contributed by atoms with Gasteiger partial charge in [-0.2, -0.15) is 0 Å². The lowest BCUT2D eigenvalue weighted by molar-refractivity contribution is 0.122. The summed E-state index contributed by atoms with van der Waals surface area (Å²) in [6.07, 6.45) is 4.19. The molecule has 0 bridgehead atoms. The van der Waals surface area contributed by atoms with Crippen LogP contribution in [0, 0.1) is 6.92 Å². The number of benzene rings is 2. The van der Waals surface area contributed by atoms with Crippen LogP contribution in [-0.4, -0.2) is 31.3 Å². The summed E-state index contributed by atoms with van der Waals surface area (Å²) in [7, 11) is 0. The van der Waals surface area contributed by atoms with E-state index in [1.807, 2.05) is 0 Å². The van der Waals surface area contributed by atoms with Gasteiger partial charge in [0.1, 0.15) is 0 Å². The first-order chi connectivity index (χ1) is 12.3. The summed E-state index contributed by atoms with van der Waals surface area (Å²) in [5.41, 5.74) is 5.73. The minimum absolute atomic E-state index is 0.814. The zero-order chi connectivity index (χ0) is 17.1. The van der Waals surface area contributed by atoms with Crippen LogP contribution in [0.2, 0.25) is 0 Å². The Kier molecular flexibility index (Phi) is 4.49. The molecule has 0 spiro atoms. The van der Waals surface area contributed by atoms with Gasteiger partial charge in [-0.15, -0.1) is 0 Å². The number of rotatable bonds is 3. The third-order valence-corrected chi connectivity index (χ3v) is 4.58. The number of aromatic nitrogens is 1. The van der Waals surface area contributed by atoms with E-state index >= 15 is 0 Å². The molecule has 0 N–H and O–H groups in total. The van der Waals surface area contributed by atoms with Gasteiger partial charge in [-0.1, -0.05) is 35.9 Å². The van der Waals surface area contributed by atoms with E-state index in [-0.39, 0.29) is 0 Å². The largest absolute Gasteiger partial charge is 0.378 e. The molecule has 126 valence electrons. The fraction of sp³-hybridized carbons (Fsp3) is 0.227. The van der Waals surface area contributed by atoms with Crippen molar-refractivity contribution in [3.05, 3.63) is 71.4 Å². The lowest BCUT2D eigenvalue weighted by Crippen LogP contribution is -2.36. The maximum absolute atomic E-state index is 5.41. The molecule has 2 aromatic carbocycles. The number of morpholine rings is 1. The molecule has 0 saturated carbocycles. The van der Waals surface area contributed by atoms with Crippen LogP contribution in [0.5, 0.6) is 0 Å². The SMILES string of the molecule is Cc1ccc2nc(/C=C/c3ccc(N4CCOCC4)cc3)ccc2c1. The summed E-state index contributed by atoms with van der Waals surface area (Å²) in [5.74, 6) is 0. The summed E-state index contributed by atoms with van der Waals surface area (Å²) in [6.45, 7) is 5.67. The van der Waals surface area contributed by atoms with E-state index in [0.29, 0.717) is 0 Å². The number of nitrogens with zero attached hydrogens (tertiary/aromatic N) is 2. The molecular weight excluding hydrogens is 308 g/mol. The van der Waals surface area contributed by atoms with Crippen molar-refractivity contribution in [2.45, 2.75) is 6.92 Å². The van der Waals surface area contributed by atoms with Gasteiger partial charge in [0, 0.05) is 24.2 Å². The molecule has 1 aliphatic rings. The van der Waals surface area contributed by atoms with Crippen LogP contribution in [0.25, 0.3) is 23.1 Å². The molecule has 1 aromatic heterocycles. The minimum atomic E-state index is 0.814. The first-order valence-electron chi connectivity index (χ1n) is 8.76. The highest BCUT2D eigenvalue weighted by Gasteiger charge is 2.10. The molecule has 0 unspecified atom stereocenters. The fourth-order valence-corrected chi connectivity index (χ4v) is 3.15. The Labute approximate surface area is 148 Å². The van der Waals surface area contributed by atoms with Crippen molar-refractivity contribution in [2.75, 3.05) is 31.2 Å². The zero-order valence-corrected chi connectivity index (χ0v) is 14.5. The van der Waals surface area contributed by atoms with E-state index in [2.05, 4.69) is 78.6 Å². The fourth-order valence-electron chi connectivity index (χ4n) is 3.15. The van der Waals surface area contributed by atoms with Gasteiger partial charge in [0.15, 0.2) is 0 Å². The number of aryl methyl sites for hydroxylation is 1. The van der Waals surface area contributed by atoms with Gasteiger partial charge in [0.25, 0.3) is 0 Å². The van der Waals surface area contributed by atoms with Crippen LogP contribution in [0.3, 0.4) is 0 Å². The lowest BCUT2D eigenvalue weighted by atomic mass is 10.1. The molecule has 0 atom stereocenters. The number of hydrogen-bond donors (Lipinski definition) is 0. The highest BCUT2D eigenvalue weighted by Crippen LogP contribution is 2.19. The van der Waals surface area contributed by atoms with Crippen LogP contribution in [0.1, 0.15) is 16.8 Å². The molecule has 2 heterocycles. The number of pyridine rings is 1. The second-order valence-corrected chi connectivity index (χ2v) is 6.46. The predicted molar refractivity (Wildman–Crippen MR) is 105 cm³/mol. The van der Waals surface area contributed by atoms with Gasteiger partial charge in [-0.25, -0.2) is 4.98 Å². The standard InChI is InChI=1S/C22H22N2O/c1-17-2-11-22-19(16-17)6-8-20(23-22)7-3-18-4-9-21(10-5-18)24-12-14-25-15-13-24/h2-11,16H,12-15H2,1H3/b7-3+. The molecule has 3 nitrogen and oxygen atoms in total. The number of hydrogen-bond acceptors (Lipinski definition) is 3. The van der Waals surface area contributed by atoms with E-state index < -0.39 is 0 Å². The van der Waals surface area contributed by atoms with Crippen LogP contribution >= 0.6 is 0 Å². The van der Waals surface area contributed by atoms with Gasteiger partial charge in [0.05, 0.1) is 24.4 Å². The number of fused-ring (bicyclic) bond motifs is 1. The van der Waals surface area contributed by atoms with Crippen LogP contribution < -0.4 is 4.90 Å². The molecule has 4 rings (SSSR count). The molecule has 25 heavy (non-hydrogen) atoms. The third kappa shape index (κ3) is 3.72. The Morgan fingerprint density at radius 2 is 1.72 bits per heavy atom. The number of ether oxygens (including phenoxy) is 1. The Morgan fingerprint density at radius 3 is 2.52 bits per heavy atom. The average Bonchev–Trinajstić information content (AvgIpc) is 2.67. The topological polar surface area (TPSA) is 25.4 Å². The smallest absolute Gasteiger partial charge is 0.0709 e. The second-order valence-electron chi connectivity index (χ2n) is 6.46. The van der Waals surface area contributed by atoms with E-state index in [9.17, 15) is 0 Å². The van der Waals surface area contributed by atoms with Crippen molar-refractivity contribution in [3.8, 4) is 0 Å². The van der Waals surface area contributed by atoms with Gasteiger partial charge in [0.2, 0.25) is 0 Å². The summed E-state index contributed by atoms with van der Waals surface area (Å²) >= 11 is 0. The van der Waals surface area contributed by atoms with Gasteiger partial charge in [-0.3, -0.25) is 0 Å². The normalized spacial score (nSPS) is 15.2. The van der Waals surface area contributed by atoms with E-state index in [4.69, 9.17) is 9.72 Å². The first-order valence-corrected chi connectivity index (χ1v) is 8.76. The van der Waals surface area contributed by atoms with Crippen LogP contribution in [0.4, 0.5) is 5.69 Å². The maximum atomic E-state index is 5.41.